The molecule has 24 heavy (non-hydrogen) atoms. The molecule has 126 valence electrons. The van der Waals surface area contributed by atoms with Crippen LogP contribution in [-0.4, -0.2) is 48.6 Å². The van der Waals surface area contributed by atoms with E-state index < -0.39 is 0 Å². The number of pyridine rings is 1. The first-order valence-corrected chi connectivity index (χ1v) is 8.81. The highest BCUT2D eigenvalue weighted by Gasteiger charge is 2.21. The van der Waals surface area contributed by atoms with Gasteiger partial charge in [0.1, 0.15) is 5.75 Å². The molecular formula is C17H17BrClN3O2. The lowest BCUT2D eigenvalue weighted by molar-refractivity contribution is -0.133. The molecule has 0 aliphatic carbocycles. The Hall–Kier alpha value is -1.79. The molecule has 0 saturated carbocycles. The molecule has 0 unspecified atom stereocenters. The summed E-state index contributed by atoms with van der Waals surface area (Å²) in [5.41, 5.74) is 1.13. The summed E-state index contributed by atoms with van der Waals surface area (Å²) in [6.07, 6.45) is 3.56. The largest absolute Gasteiger partial charge is 0.482 e. The number of carbonyl (C=O) groups excluding carboxylic acids is 1. The van der Waals surface area contributed by atoms with E-state index in [4.69, 9.17) is 16.3 Å². The van der Waals surface area contributed by atoms with Gasteiger partial charge in [-0.2, -0.15) is 0 Å². The fourth-order valence-electron chi connectivity index (χ4n) is 2.59. The van der Waals surface area contributed by atoms with Gasteiger partial charge in [-0.15, -0.1) is 0 Å². The van der Waals surface area contributed by atoms with Crippen LogP contribution in [0.2, 0.25) is 5.02 Å². The van der Waals surface area contributed by atoms with Crippen molar-refractivity contribution in [2.45, 2.75) is 0 Å². The Bertz CT molecular complexity index is 706. The van der Waals surface area contributed by atoms with Crippen molar-refractivity contribution in [1.29, 1.82) is 0 Å². The zero-order valence-corrected chi connectivity index (χ0v) is 15.3. The van der Waals surface area contributed by atoms with Crippen LogP contribution in [0.5, 0.6) is 5.75 Å². The van der Waals surface area contributed by atoms with Crippen molar-refractivity contribution < 1.29 is 9.53 Å². The van der Waals surface area contributed by atoms with Crippen LogP contribution in [0.15, 0.2) is 47.2 Å². The molecule has 1 saturated heterocycles. The summed E-state index contributed by atoms with van der Waals surface area (Å²) in [7, 11) is 0. The number of hydrogen-bond donors (Lipinski definition) is 0. The van der Waals surface area contributed by atoms with Crippen molar-refractivity contribution in [1.82, 2.24) is 9.88 Å². The predicted octanol–water partition coefficient (Wildman–Crippen LogP) is 3.23. The third-order valence-electron chi connectivity index (χ3n) is 3.91. The highest BCUT2D eigenvalue weighted by Crippen LogP contribution is 2.27. The van der Waals surface area contributed by atoms with Crippen LogP contribution in [0.1, 0.15) is 0 Å². The van der Waals surface area contributed by atoms with Crippen LogP contribution in [0, 0.1) is 0 Å². The van der Waals surface area contributed by atoms with Crippen LogP contribution in [0.4, 0.5) is 5.69 Å². The van der Waals surface area contributed by atoms with Gasteiger partial charge >= 0.3 is 0 Å². The van der Waals surface area contributed by atoms with E-state index in [1.54, 1.807) is 24.5 Å². The molecule has 0 atom stereocenters. The van der Waals surface area contributed by atoms with Crippen molar-refractivity contribution >= 4 is 39.1 Å². The monoisotopic (exact) mass is 409 g/mol. The van der Waals surface area contributed by atoms with Gasteiger partial charge in [0, 0.05) is 48.7 Å². The van der Waals surface area contributed by atoms with E-state index in [1.807, 2.05) is 23.1 Å². The summed E-state index contributed by atoms with van der Waals surface area (Å²) in [6.45, 7) is 2.96. The number of anilines is 1. The second-order valence-corrected chi connectivity index (χ2v) is 6.76. The average Bonchev–Trinajstić information content (AvgIpc) is 2.62. The number of nitrogens with zero attached hydrogens (tertiary/aromatic N) is 3. The predicted molar refractivity (Wildman–Crippen MR) is 97.7 cm³/mol. The van der Waals surface area contributed by atoms with E-state index in [2.05, 4.69) is 25.8 Å². The molecule has 0 bridgehead atoms. The molecular weight excluding hydrogens is 394 g/mol. The highest BCUT2D eigenvalue weighted by molar-refractivity contribution is 9.10. The maximum atomic E-state index is 12.3. The third kappa shape index (κ3) is 4.19. The number of carbonyl (C=O) groups is 1. The molecule has 1 aromatic carbocycles. The van der Waals surface area contributed by atoms with Crippen LogP contribution in [-0.2, 0) is 4.79 Å². The van der Waals surface area contributed by atoms with E-state index in [-0.39, 0.29) is 12.5 Å². The Labute approximate surface area is 154 Å². The molecule has 3 rings (SSSR count). The molecule has 1 aliphatic rings. The SMILES string of the molecule is O=C(COc1ccc(Br)cc1Cl)N1CCN(c2ccncc2)CC1. The third-order valence-corrected chi connectivity index (χ3v) is 4.69. The van der Waals surface area contributed by atoms with Crippen molar-refractivity contribution in [3.63, 3.8) is 0 Å². The van der Waals surface area contributed by atoms with Gasteiger partial charge in [-0.3, -0.25) is 9.78 Å². The van der Waals surface area contributed by atoms with E-state index in [9.17, 15) is 4.79 Å². The molecule has 5 nitrogen and oxygen atoms in total. The maximum Gasteiger partial charge on any atom is 0.260 e. The van der Waals surface area contributed by atoms with Crippen molar-refractivity contribution in [2.24, 2.45) is 0 Å². The molecule has 1 fully saturated rings. The van der Waals surface area contributed by atoms with Gasteiger partial charge in [-0.25, -0.2) is 0 Å². The normalized spacial score (nSPS) is 14.6. The summed E-state index contributed by atoms with van der Waals surface area (Å²) in [4.78, 5) is 20.4. The smallest absolute Gasteiger partial charge is 0.260 e. The van der Waals surface area contributed by atoms with Gasteiger partial charge in [0.25, 0.3) is 5.91 Å². The van der Waals surface area contributed by atoms with E-state index >= 15 is 0 Å². The number of benzene rings is 1. The number of hydrogen-bond acceptors (Lipinski definition) is 4. The summed E-state index contributed by atoms with van der Waals surface area (Å²) in [6, 6.07) is 9.29. The number of halogens is 2. The van der Waals surface area contributed by atoms with Gasteiger partial charge in [0.15, 0.2) is 6.61 Å². The molecule has 1 amide bonds. The van der Waals surface area contributed by atoms with Crippen molar-refractivity contribution in [3.8, 4) is 5.75 Å². The fraction of sp³-hybridized carbons (Fsp3) is 0.294. The minimum absolute atomic E-state index is 0.00336. The molecule has 7 heteroatoms. The average molecular weight is 411 g/mol. The van der Waals surface area contributed by atoms with Crippen molar-refractivity contribution in [2.75, 3.05) is 37.7 Å². The van der Waals surface area contributed by atoms with Gasteiger partial charge in [0.2, 0.25) is 0 Å². The van der Waals surface area contributed by atoms with Gasteiger partial charge in [-0.1, -0.05) is 27.5 Å². The van der Waals surface area contributed by atoms with Crippen LogP contribution >= 0.6 is 27.5 Å². The van der Waals surface area contributed by atoms with E-state index in [1.165, 1.54) is 0 Å². The first kappa shape index (κ1) is 17.0. The van der Waals surface area contributed by atoms with Gasteiger partial charge in [0.05, 0.1) is 5.02 Å². The zero-order valence-electron chi connectivity index (χ0n) is 13.0. The molecule has 0 spiro atoms. The van der Waals surface area contributed by atoms with E-state index in [0.717, 1.165) is 23.2 Å². The highest BCUT2D eigenvalue weighted by atomic mass is 79.9. The number of rotatable bonds is 4. The summed E-state index contributed by atoms with van der Waals surface area (Å²) >= 11 is 9.43. The zero-order chi connectivity index (χ0) is 16.9. The standard InChI is InChI=1S/C17H17BrClN3O2/c18-13-1-2-16(15(19)11-13)24-12-17(23)22-9-7-21(8-10-22)14-3-5-20-6-4-14/h1-6,11H,7-10,12H2. The maximum absolute atomic E-state index is 12.3. The van der Waals surface area contributed by atoms with E-state index in [0.29, 0.717) is 23.9 Å². The number of ether oxygens (including phenoxy) is 1. The number of amides is 1. The van der Waals surface area contributed by atoms with Gasteiger partial charge < -0.3 is 14.5 Å². The summed E-state index contributed by atoms with van der Waals surface area (Å²) in [5.74, 6) is 0.493. The molecule has 2 heterocycles. The molecule has 0 N–H and O–H groups in total. The Kier molecular flexibility index (Phi) is 5.58. The second kappa shape index (κ2) is 7.85. The fourth-order valence-corrected chi connectivity index (χ4v) is 3.32. The van der Waals surface area contributed by atoms with Gasteiger partial charge in [-0.05, 0) is 30.3 Å². The Balaban J connectivity index is 1.50. The Morgan fingerprint density at radius 3 is 2.54 bits per heavy atom. The number of piperazine rings is 1. The Morgan fingerprint density at radius 2 is 1.88 bits per heavy atom. The minimum Gasteiger partial charge on any atom is -0.482 e. The topological polar surface area (TPSA) is 45.7 Å². The quantitative estimate of drug-likeness (QED) is 0.776. The first-order chi connectivity index (χ1) is 11.6. The lowest BCUT2D eigenvalue weighted by Gasteiger charge is -2.36. The molecule has 2 aromatic rings. The minimum atomic E-state index is -0.0247. The summed E-state index contributed by atoms with van der Waals surface area (Å²) in [5, 5.41) is 0.486. The van der Waals surface area contributed by atoms with Crippen LogP contribution in [0.25, 0.3) is 0 Å². The number of aromatic nitrogens is 1. The summed E-state index contributed by atoms with van der Waals surface area (Å²) < 4.78 is 6.43. The van der Waals surface area contributed by atoms with Crippen LogP contribution < -0.4 is 9.64 Å². The Morgan fingerprint density at radius 1 is 1.17 bits per heavy atom. The first-order valence-electron chi connectivity index (χ1n) is 7.64. The molecule has 0 radical (unpaired) electrons. The van der Waals surface area contributed by atoms with Crippen molar-refractivity contribution in [3.05, 3.63) is 52.2 Å². The lowest BCUT2D eigenvalue weighted by Crippen LogP contribution is -2.50. The second-order valence-electron chi connectivity index (χ2n) is 5.44. The molecule has 1 aromatic heterocycles. The molecule has 1 aliphatic heterocycles. The van der Waals surface area contributed by atoms with Crippen LogP contribution in [0.3, 0.4) is 0 Å². The lowest BCUT2D eigenvalue weighted by atomic mass is 10.2.